The lowest BCUT2D eigenvalue weighted by atomic mass is 9.72. The molecule has 0 radical (unpaired) electrons. The van der Waals surface area contributed by atoms with Crippen molar-refractivity contribution in [3.63, 3.8) is 0 Å². The van der Waals surface area contributed by atoms with Crippen molar-refractivity contribution < 1.29 is 14.6 Å². The van der Waals surface area contributed by atoms with Crippen LogP contribution in [0.1, 0.15) is 66.1 Å². The van der Waals surface area contributed by atoms with E-state index in [1.54, 1.807) is 7.11 Å². The predicted molar refractivity (Wildman–Crippen MR) is 179 cm³/mol. The monoisotopic (exact) mass is 617 g/mol. The van der Waals surface area contributed by atoms with Crippen molar-refractivity contribution in [2.24, 2.45) is 5.92 Å². The van der Waals surface area contributed by atoms with Crippen LogP contribution in [0.25, 0.3) is 11.1 Å². The summed E-state index contributed by atoms with van der Waals surface area (Å²) in [5, 5.41) is 16.8. The number of methoxy groups -OCH3 is 1. The van der Waals surface area contributed by atoms with Crippen LogP contribution in [0.15, 0.2) is 66.7 Å². The number of hydrogen-bond donors (Lipinski definition) is 2. The molecule has 2 fully saturated rings. The summed E-state index contributed by atoms with van der Waals surface area (Å²) in [7, 11) is 1.71. The molecule has 1 amide bonds. The number of benzene rings is 3. The number of piperazine rings is 1. The number of ether oxygens (including phenoxy) is 1. The number of carbonyl (C=O) groups is 1. The average molecular weight is 618 g/mol. The molecule has 2 atom stereocenters. The Labute approximate surface area is 268 Å². The highest BCUT2D eigenvalue weighted by atomic mass is 35.5. The van der Waals surface area contributed by atoms with Gasteiger partial charge in [-0.3, -0.25) is 9.69 Å². The molecule has 6 nitrogen and oxygen atoms in total. The number of aryl methyl sites for hydroxylation is 1. The number of aliphatic hydroxyl groups is 1. The molecule has 7 heteroatoms. The van der Waals surface area contributed by atoms with Crippen molar-refractivity contribution in [2.75, 3.05) is 53.0 Å². The standard InChI is InChI=1S/C37H48ClN3O3/c1-3-28-9-6-10-31(25-28)35-33(12-7-13-34(35)38)37(43,18-4-5-24-44-2)32-11-8-21-41(27-32)36(42)30-16-14-29(15-17-30)26-40-22-19-39-20-23-40/h6-7,9-10,12-17,25,32,39,43H,3-5,8,11,18-24,26-27H2,1-2H3/t32-,37+/m1/s1. The van der Waals surface area contributed by atoms with Crippen molar-refractivity contribution in [2.45, 2.75) is 57.6 Å². The van der Waals surface area contributed by atoms with Crippen LogP contribution in [0.3, 0.4) is 0 Å². The molecule has 2 heterocycles. The molecule has 2 aliphatic heterocycles. The number of unbranched alkanes of at least 4 members (excludes halogenated alkanes) is 1. The van der Waals surface area contributed by atoms with Crippen LogP contribution in [-0.2, 0) is 23.3 Å². The molecule has 3 aromatic carbocycles. The minimum atomic E-state index is -1.15. The Hall–Kier alpha value is -2.74. The summed E-state index contributed by atoms with van der Waals surface area (Å²) in [5.74, 6) is -0.0894. The van der Waals surface area contributed by atoms with Crippen LogP contribution >= 0.6 is 11.6 Å². The van der Waals surface area contributed by atoms with Gasteiger partial charge in [-0.15, -0.1) is 0 Å². The Kier molecular flexibility index (Phi) is 11.5. The second-order valence-electron chi connectivity index (χ2n) is 12.4. The van der Waals surface area contributed by atoms with Crippen LogP contribution in [0.5, 0.6) is 0 Å². The van der Waals surface area contributed by atoms with Gasteiger partial charge in [-0.05, 0) is 79.0 Å². The third-order valence-electron chi connectivity index (χ3n) is 9.46. The fourth-order valence-electron chi connectivity index (χ4n) is 6.94. The molecule has 0 unspecified atom stereocenters. The highest BCUT2D eigenvalue weighted by Gasteiger charge is 2.43. The Balaban J connectivity index is 1.40. The molecule has 0 bridgehead atoms. The van der Waals surface area contributed by atoms with E-state index in [4.69, 9.17) is 16.3 Å². The highest BCUT2D eigenvalue weighted by molar-refractivity contribution is 6.33. The molecule has 0 aliphatic carbocycles. The van der Waals surface area contributed by atoms with Crippen LogP contribution in [0.2, 0.25) is 5.02 Å². The van der Waals surface area contributed by atoms with Gasteiger partial charge < -0.3 is 20.1 Å². The molecule has 0 saturated carbocycles. The van der Waals surface area contributed by atoms with Gasteiger partial charge in [0, 0.05) is 81.6 Å². The Bertz CT molecular complexity index is 1370. The zero-order chi connectivity index (χ0) is 30.9. The number of nitrogens with one attached hydrogen (secondary N) is 1. The molecule has 3 aromatic rings. The van der Waals surface area contributed by atoms with Crippen LogP contribution in [-0.4, -0.2) is 73.8 Å². The number of halogens is 1. The zero-order valence-electron chi connectivity index (χ0n) is 26.4. The minimum absolute atomic E-state index is 0.0344. The quantitative estimate of drug-likeness (QED) is 0.226. The summed E-state index contributed by atoms with van der Waals surface area (Å²) >= 11 is 6.92. The number of hydrogen-bond acceptors (Lipinski definition) is 5. The fourth-order valence-corrected chi connectivity index (χ4v) is 7.22. The smallest absolute Gasteiger partial charge is 0.253 e. The van der Waals surface area contributed by atoms with E-state index in [0.29, 0.717) is 36.7 Å². The SMILES string of the molecule is CCc1cccc(-c2c(Cl)cccc2[C@](O)(CCCCOC)[C@@H]2CCCN(C(=O)c3ccc(CN4CCNCC4)cc3)C2)c1. The molecule has 2 N–H and O–H groups in total. The molecule has 5 rings (SSSR count). The summed E-state index contributed by atoms with van der Waals surface area (Å²) in [6.45, 7) is 9.03. The number of amides is 1. The lowest BCUT2D eigenvalue weighted by Crippen LogP contribution is -2.48. The van der Waals surface area contributed by atoms with E-state index in [9.17, 15) is 9.90 Å². The van der Waals surface area contributed by atoms with Gasteiger partial charge in [-0.25, -0.2) is 0 Å². The highest BCUT2D eigenvalue weighted by Crippen LogP contribution is 2.46. The molecule has 2 saturated heterocycles. The van der Waals surface area contributed by atoms with Gasteiger partial charge in [0.1, 0.15) is 0 Å². The number of nitrogens with zero attached hydrogens (tertiary/aromatic N) is 2. The van der Waals surface area contributed by atoms with E-state index >= 15 is 0 Å². The second-order valence-corrected chi connectivity index (χ2v) is 12.8. The summed E-state index contributed by atoms with van der Waals surface area (Å²) in [6, 6.07) is 22.5. The van der Waals surface area contributed by atoms with Crippen molar-refractivity contribution in [1.82, 2.24) is 15.1 Å². The van der Waals surface area contributed by atoms with Gasteiger partial charge in [0.25, 0.3) is 5.91 Å². The maximum atomic E-state index is 13.8. The summed E-state index contributed by atoms with van der Waals surface area (Å²) < 4.78 is 5.33. The van der Waals surface area contributed by atoms with Gasteiger partial charge in [0.05, 0.1) is 5.60 Å². The molecule has 0 spiro atoms. The number of likely N-dealkylation sites (tertiary alicyclic amines) is 1. The first-order valence-corrected chi connectivity index (χ1v) is 16.7. The summed E-state index contributed by atoms with van der Waals surface area (Å²) in [4.78, 5) is 18.2. The molecule has 236 valence electrons. The van der Waals surface area contributed by atoms with Gasteiger partial charge >= 0.3 is 0 Å². The van der Waals surface area contributed by atoms with E-state index in [-0.39, 0.29) is 11.8 Å². The number of carbonyl (C=O) groups excluding carboxylic acids is 1. The van der Waals surface area contributed by atoms with Gasteiger partial charge in [0.15, 0.2) is 0 Å². The fraction of sp³-hybridized carbons (Fsp3) is 0.486. The minimum Gasteiger partial charge on any atom is -0.385 e. The van der Waals surface area contributed by atoms with Crippen LogP contribution < -0.4 is 5.32 Å². The normalized spacial score (nSPS) is 19.1. The van der Waals surface area contributed by atoms with Gasteiger partial charge in [0.2, 0.25) is 0 Å². The Morgan fingerprint density at radius 2 is 1.80 bits per heavy atom. The molecule has 2 aliphatic rings. The number of rotatable bonds is 12. The van der Waals surface area contributed by atoms with Gasteiger partial charge in [-0.2, -0.15) is 0 Å². The van der Waals surface area contributed by atoms with E-state index in [1.807, 2.05) is 35.2 Å². The van der Waals surface area contributed by atoms with E-state index in [1.165, 1.54) is 11.1 Å². The van der Waals surface area contributed by atoms with Crippen LogP contribution in [0, 0.1) is 5.92 Å². The van der Waals surface area contributed by atoms with Crippen molar-refractivity contribution in [3.8, 4) is 11.1 Å². The molecular formula is C37H48ClN3O3. The molecule has 0 aromatic heterocycles. The predicted octanol–water partition coefficient (Wildman–Crippen LogP) is 6.53. The van der Waals surface area contributed by atoms with E-state index < -0.39 is 5.60 Å². The van der Waals surface area contributed by atoms with Crippen molar-refractivity contribution in [1.29, 1.82) is 0 Å². The maximum absolute atomic E-state index is 13.8. The third-order valence-corrected chi connectivity index (χ3v) is 9.78. The number of piperidine rings is 1. The van der Waals surface area contributed by atoms with E-state index in [0.717, 1.165) is 81.5 Å². The third kappa shape index (κ3) is 7.72. The summed E-state index contributed by atoms with van der Waals surface area (Å²) in [5.41, 5.74) is 4.77. The van der Waals surface area contributed by atoms with Crippen molar-refractivity contribution in [3.05, 3.63) is 94.0 Å². The molecule has 44 heavy (non-hydrogen) atoms. The average Bonchev–Trinajstić information content (AvgIpc) is 3.07. The first kappa shape index (κ1) is 32.6. The first-order chi connectivity index (χ1) is 21.4. The Morgan fingerprint density at radius 3 is 2.55 bits per heavy atom. The zero-order valence-corrected chi connectivity index (χ0v) is 27.1. The largest absolute Gasteiger partial charge is 0.385 e. The van der Waals surface area contributed by atoms with E-state index in [2.05, 4.69) is 53.5 Å². The second kappa shape index (κ2) is 15.5. The lowest BCUT2D eigenvalue weighted by molar-refractivity contribution is -0.0574. The summed E-state index contributed by atoms with van der Waals surface area (Å²) in [6.07, 6.45) is 4.85. The maximum Gasteiger partial charge on any atom is 0.253 e. The first-order valence-electron chi connectivity index (χ1n) is 16.3. The lowest BCUT2D eigenvalue weighted by Gasteiger charge is -2.44. The molecular weight excluding hydrogens is 570 g/mol. The Morgan fingerprint density at radius 1 is 1.02 bits per heavy atom. The van der Waals surface area contributed by atoms with Crippen LogP contribution in [0.4, 0.5) is 0 Å². The topological polar surface area (TPSA) is 65.0 Å². The van der Waals surface area contributed by atoms with Crippen molar-refractivity contribution >= 4 is 17.5 Å². The van der Waals surface area contributed by atoms with Gasteiger partial charge in [-0.1, -0.05) is 67.1 Å².